The quantitative estimate of drug-likeness (QED) is 0.572. The lowest BCUT2D eigenvalue weighted by Gasteiger charge is -2.04. The minimum atomic E-state index is 0.927. The Kier molecular flexibility index (Phi) is 3.42. The van der Waals surface area contributed by atoms with Crippen molar-refractivity contribution < 1.29 is 4.42 Å². The van der Waals surface area contributed by atoms with Gasteiger partial charge in [0.15, 0.2) is 0 Å². The summed E-state index contributed by atoms with van der Waals surface area (Å²) in [5.74, 6) is 1.85. The average Bonchev–Trinajstić information content (AvgIpc) is 2.85. The topological polar surface area (TPSA) is 13.1 Å². The van der Waals surface area contributed by atoms with Gasteiger partial charge >= 0.3 is 0 Å². The molecule has 0 atom stereocenters. The molecule has 1 aromatic heterocycles. The zero-order valence-corrected chi connectivity index (χ0v) is 13.0. The van der Waals surface area contributed by atoms with Crippen LogP contribution < -0.4 is 0 Å². The van der Waals surface area contributed by atoms with E-state index in [4.69, 9.17) is 4.42 Å². The fourth-order valence-electron chi connectivity index (χ4n) is 2.88. The Morgan fingerprint density at radius 2 is 0.857 bits per heavy atom. The van der Waals surface area contributed by atoms with Gasteiger partial charge in [-0.25, -0.2) is 0 Å². The first-order chi connectivity index (χ1) is 10.0. The molecule has 0 saturated heterocycles. The largest absolute Gasteiger partial charge is 0.456 e. The van der Waals surface area contributed by atoms with Crippen LogP contribution in [0.2, 0.25) is 0 Å². The van der Waals surface area contributed by atoms with Crippen molar-refractivity contribution in [3.05, 3.63) is 70.8 Å². The molecular weight excluding hydrogens is 256 g/mol. The second kappa shape index (κ2) is 5.25. The van der Waals surface area contributed by atoms with E-state index in [9.17, 15) is 0 Å². The molecule has 0 amide bonds. The number of hydrogen-bond acceptors (Lipinski definition) is 1. The summed E-state index contributed by atoms with van der Waals surface area (Å²) < 4.78 is 6.08. The highest BCUT2D eigenvalue weighted by molar-refractivity contribution is 5.66. The summed E-state index contributed by atoms with van der Waals surface area (Å²) in [7, 11) is 0. The summed E-state index contributed by atoms with van der Waals surface area (Å²) in [4.78, 5) is 0. The molecule has 0 spiro atoms. The molecule has 1 heteroatoms. The molecule has 2 aromatic carbocycles. The highest BCUT2D eigenvalue weighted by Gasteiger charge is 2.08. The van der Waals surface area contributed by atoms with Crippen molar-refractivity contribution in [1.82, 2.24) is 0 Å². The van der Waals surface area contributed by atoms with Gasteiger partial charge in [-0.1, -0.05) is 34.4 Å². The Morgan fingerprint density at radius 3 is 1.19 bits per heavy atom. The van der Waals surface area contributed by atoms with Crippen LogP contribution in [0.4, 0.5) is 0 Å². The number of benzene rings is 2. The van der Waals surface area contributed by atoms with Gasteiger partial charge in [0.2, 0.25) is 0 Å². The number of furan rings is 1. The predicted octanol–water partition coefficient (Wildman–Crippen LogP) is 5.85. The lowest BCUT2D eigenvalue weighted by Crippen LogP contribution is -1.81. The van der Waals surface area contributed by atoms with Crippen molar-refractivity contribution in [1.29, 1.82) is 0 Å². The lowest BCUT2D eigenvalue weighted by atomic mass is 10.1. The minimum absolute atomic E-state index is 0.927. The molecule has 0 aliphatic carbocycles. The molecule has 0 bridgehead atoms. The fraction of sp³-hybridized carbons (Fsp3) is 0.200. The Hall–Kier alpha value is -2.28. The van der Waals surface area contributed by atoms with Crippen LogP contribution in [-0.2, 0) is 0 Å². The summed E-state index contributed by atoms with van der Waals surface area (Å²) in [5, 5.41) is 0. The van der Waals surface area contributed by atoms with Crippen molar-refractivity contribution >= 4 is 0 Å². The standard InChI is InChI=1S/C20H20O/c1-13-7-14(2)10-17(9-13)19-5-6-20(21-19)18-11-15(3)8-16(4)12-18/h5-12H,1-4H3. The first-order valence-corrected chi connectivity index (χ1v) is 7.28. The Balaban J connectivity index is 2.03. The van der Waals surface area contributed by atoms with Gasteiger partial charge in [-0.2, -0.15) is 0 Å². The molecule has 1 nitrogen and oxygen atoms in total. The number of aryl methyl sites for hydroxylation is 4. The number of hydrogen-bond donors (Lipinski definition) is 0. The second-order valence-corrected chi connectivity index (χ2v) is 5.92. The summed E-state index contributed by atoms with van der Waals surface area (Å²) in [5.41, 5.74) is 7.32. The first-order valence-electron chi connectivity index (χ1n) is 7.28. The van der Waals surface area contributed by atoms with Crippen LogP contribution in [0, 0.1) is 27.7 Å². The van der Waals surface area contributed by atoms with Crippen LogP contribution >= 0.6 is 0 Å². The number of rotatable bonds is 2. The van der Waals surface area contributed by atoms with Gasteiger partial charge < -0.3 is 4.42 Å². The van der Waals surface area contributed by atoms with E-state index in [1.807, 2.05) is 0 Å². The lowest BCUT2D eigenvalue weighted by molar-refractivity contribution is 0.597. The Bertz CT molecular complexity index is 687. The maximum Gasteiger partial charge on any atom is 0.134 e. The van der Waals surface area contributed by atoms with E-state index in [1.165, 1.54) is 22.3 Å². The van der Waals surface area contributed by atoms with Gasteiger partial charge in [-0.05, 0) is 64.1 Å². The van der Waals surface area contributed by atoms with Crippen molar-refractivity contribution in [3.63, 3.8) is 0 Å². The van der Waals surface area contributed by atoms with E-state index in [0.29, 0.717) is 0 Å². The third-order valence-corrected chi connectivity index (χ3v) is 3.62. The Morgan fingerprint density at radius 1 is 0.524 bits per heavy atom. The highest BCUT2D eigenvalue weighted by atomic mass is 16.3. The predicted molar refractivity (Wildman–Crippen MR) is 88.5 cm³/mol. The molecule has 21 heavy (non-hydrogen) atoms. The molecule has 0 fully saturated rings. The highest BCUT2D eigenvalue weighted by Crippen LogP contribution is 2.30. The first kappa shape index (κ1) is 13.7. The molecular formula is C20H20O. The second-order valence-electron chi connectivity index (χ2n) is 5.92. The van der Waals surface area contributed by atoms with E-state index in [-0.39, 0.29) is 0 Å². The maximum atomic E-state index is 6.08. The van der Waals surface area contributed by atoms with Gasteiger partial charge in [0.25, 0.3) is 0 Å². The van der Waals surface area contributed by atoms with E-state index in [1.54, 1.807) is 0 Å². The van der Waals surface area contributed by atoms with Crippen LogP contribution in [0.15, 0.2) is 52.9 Å². The van der Waals surface area contributed by atoms with Crippen LogP contribution in [0.1, 0.15) is 22.3 Å². The molecule has 0 saturated carbocycles. The van der Waals surface area contributed by atoms with Crippen LogP contribution in [-0.4, -0.2) is 0 Å². The smallest absolute Gasteiger partial charge is 0.134 e. The van der Waals surface area contributed by atoms with Gasteiger partial charge in [0, 0.05) is 11.1 Å². The normalized spacial score (nSPS) is 10.9. The molecule has 3 aromatic rings. The molecule has 0 radical (unpaired) electrons. The van der Waals surface area contributed by atoms with Gasteiger partial charge in [-0.15, -0.1) is 0 Å². The van der Waals surface area contributed by atoms with Crippen molar-refractivity contribution in [3.8, 4) is 22.6 Å². The minimum Gasteiger partial charge on any atom is -0.456 e. The monoisotopic (exact) mass is 276 g/mol. The molecule has 0 unspecified atom stereocenters. The molecule has 0 aliphatic rings. The third-order valence-electron chi connectivity index (χ3n) is 3.62. The van der Waals surface area contributed by atoms with Gasteiger partial charge in [-0.3, -0.25) is 0 Å². The van der Waals surface area contributed by atoms with E-state index >= 15 is 0 Å². The van der Waals surface area contributed by atoms with E-state index in [0.717, 1.165) is 22.6 Å². The molecule has 1 heterocycles. The van der Waals surface area contributed by atoms with Crippen molar-refractivity contribution in [2.45, 2.75) is 27.7 Å². The van der Waals surface area contributed by atoms with Crippen LogP contribution in [0.25, 0.3) is 22.6 Å². The van der Waals surface area contributed by atoms with Gasteiger partial charge in [0.05, 0.1) is 0 Å². The molecule has 0 N–H and O–H groups in total. The molecule has 106 valence electrons. The fourth-order valence-corrected chi connectivity index (χ4v) is 2.88. The van der Waals surface area contributed by atoms with Crippen LogP contribution in [0.5, 0.6) is 0 Å². The SMILES string of the molecule is Cc1cc(C)cc(-c2ccc(-c3cc(C)cc(C)c3)o2)c1. The van der Waals surface area contributed by atoms with Crippen molar-refractivity contribution in [2.75, 3.05) is 0 Å². The molecule has 3 rings (SSSR count). The van der Waals surface area contributed by atoms with Crippen LogP contribution in [0.3, 0.4) is 0 Å². The molecule has 0 aliphatic heterocycles. The Labute approximate surface area is 126 Å². The zero-order chi connectivity index (χ0) is 15.0. The zero-order valence-electron chi connectivity index (χ0n) is 13.0. The van der Waals surface area contributed by atoms with E-state index < -0.39 is 0 Å². The summed E-state index contributed by atoms with van der Waals surface area (Å²) in [6, 6.07) is 17.1. The average molecular weight is 276 g/mol. The van der Waals surface area contributed by atoms with Crippen molar-refractivity contribution in [2.24, 2.45) is 0 Å². The summed E-state index contributed by atoms with van der Waals surface area (Å²) in [6.07, 6.45) is 0. The summed E-state index contributed by atoms with van der Waals surface area (Å²) >= 11 is 0. The third kappa shape index (κ3) is 2.92. The van der Waals surface area contributed by atoms with E-state index in [2.05, 4.69) is 76.2 Å². The maximum absolute atomic E-state index is 6.08. The van der Waals surface area contributed by atoms with Gasteiger partial charge in [0.1, 0.15) is 11.5 Å². The summed E-state index contributed by atoms with van der Waals surface area (Å²) in [6.45, 7) is 8.46.